The van der Waals surface area contributed by atoms with E-state index in [2.05, 4.69) is 0 Å². The van der Waals surface area contributed by atoms with E-state index in [4.69, 9.17) is 18.9 Å². The van der Waals surface area contributed by atoms with Crippen LogP contribution in [0.4, 0.5) is 0 Å². The molecule has 7 heteroatoms. The monoisotopic (exact) mass is 444 g/mol. The summed E-state index contributed by atoms with van der Waals surface area (Å²) in [5, 5.41) is 10.5. The summed E-state index contributed by atoms with van der Waals surface area (Å²) in [5.41, 5.74) is 1.69. The second kappa shape index (κ2) is 12.1. The number of benzene rings is 2. The molecular formula is C25H32O7. The SMILES string of the molecule is COc1cc(C[C@H](C(=O)OC(C)C)[C@@H](O)C(=O)OC(C)C)ccc1OCc1ccccc1. The summed E-state index contributed by atoms with van der Waals surface area (Å²) in [4.78, 5) is 24.9. The van der Waals surface area contributed by atoms with Crippen molar-refractivity contribution < 1.29 is 33.6 Å². The van der Waals surface area contributed by atoms with Gasteiger partial charge in [-0.05, 0) is 57.4 Å². The van der Waals surface area contributed by atoms with Crippen LogP contribution in [0.1, 0.15) is 38.8 Å². The minimum absolute atomic E-state index is 0.0647. The molecule has 2 aromatic carbocycles. The lowest BCUT2D eigenvalue weighted by Crippen LogP contribution is -2.40. The van der Waals surface area contributed by atoms with Crippen molar-refractivity contribution in [2.24, 2.45) is 5.92 Å². The third kappa shape index (κ3) is 7.57. The zero-order valence-electron chi connectivity index (χ0n) is 19.2. The molecule has 174 valence electrons. The predicted molar refractivity (Wildman–Crippen MR) is 119 cm³/mol. The Bertz CT molecular complexity index is 877. The fourth-order valence-corrected chi connectivity index (χ4v) is 3.06. The normalized spacial score (nSPS) is 12.9. The number of methoxy groups -OCH3 is 1. The van der Waals surface area contributed by atoms with Crippen LogP contribution in [-0.2, 0) is 32.1 Å². The van der Waals surface area contributed by atoms with Crippen molar-refractivity contribution in [1.82, 2.24) is 0 Å². The average molecular weight is 445 g/mol. The lowest BCUT2D eigenvalue weighted by atomic mass is 9.93. The van der Waals surface area contributed by atoms with Crippen molar-refractivity contribution in [2.45, 2.75) is 59.0 Å². The van der Waals surface area contributed by atoms with Crippen LogP contribution >= 0.6 is 0 Å². The Labute approximate surface area is 189 Å². The lowest BCUT2D eigenvalue weighted by Gasteiger charge is -2.23. The van der Waals surface area contributed by atoms with Gasteiger partial charge in [-0.25, -0.2) is 4.79 Å². The Morgan fingerprint density at radius 3 is 2.06 bits per heavy atom. The summed E-state index contributed by atoms with van der Waals surface area (Å²) in [5.74, 6) is -1.63. The summed E-state index contributed by atoms with van der Waals surface area (Å²) >= 11 is 0. The van der Waals surface area contributed by atoms with E-state index in [1.807, 2.05) is 30.3 Å². The minimum Gasteiger partial charge on any atom is -0.493 e. The molecular weight excluding hydrogens is 412 g/mol. The van der Waals surface area contributed by atoms with Gasteiger partial charge in [0.05, 0.1) is 25.2 Å². The molecule has 7 nitrogen and oxygen atoms in total. The molecule has 2 atom stereocenters. The smallest absolute Gasteiger partial charge is 0.336 e. The third-order valence-electron chi connectivity index (χ3n) is 4.55. The first-order chi connectivity index (χ1) is 15.2. The van der Waals surface area contributed by atoms with Crippen LogP contribution in [0.5, 0.6) is 11.5 Å². The maximum absolute atomic E-state index is 12.6. The number of ether oxygens (including phenoxy) is 4. The van der Waals surface area contributed by atoms with Gasteiger partial charge in [-0.3, -0.25) is 4.79 Å². The van der Waals surface area contributed by atoms with Crippen LogP contribution in [0.15, 0.2) is 48.5 Å². The van der Waals surface area contributed by atoms with Gasteiger partial charge in [0.1, 0.15) is 6.61 Å². The molecule has 0 aliphatic carbocycles. The number of rotatable bonds is 11. The number of hydrogen-bond acceptors (Lipinski definition) is 7. The predicted octanol–water partition coefficient (Wildman–Crippen LogP) is 3.70. The van der Waals surface area contributed by atoms with E-state index in [0.29, 0.717) is 23.7 Å². The molecule has 0 saturated carbocycles. The third-order valence-corrected chi connectivity index (χ3v) is 4.55. The van der Waals surface area contributed by atoms with Crippen LogP contribution in [0, 0.1) is 5.92 Å². The number of carbonyl (C=O) groups excluding carboxylic acids is 2. The molecule has 0 heterocycles. The van der Waals surface area contributed by atoms with Gasteiger partial charge >= 0.3 is 11.9 Å². The molecule has 0 aromatic heterocycles. The second-order valence-electron chi connectivity index (χ2n) is 7.99. The Balaban J connectivity index is 2.19. The standard InChI is InChI=1S/C25H32O7/c1-16(2)31-24(27)20(23(26)25(28)32-17(3)4)13-19-11-12-21(22(14-19)29-5)30-15-18-9-7-6-8-10-18/h6-12,14,16-17,20,23,26H,13,15H2,1-5H3/t20-,23+/m0/s1. The molecule has 0 radical (unpaired) electrons. The van der Waals surface area contributed by atoms with Crippen LogP contribution in [0.3, 0.4) is 0 Å². The first kappa shape index (κ1) is 25.2. The number of carbonyl (C=O) groups is 2. The average Bonchev–Trinajstić information content (AvgIpc) is 2.75. The molecule has 0 saturated heterocycles. The van der Waals surface area contributed by atoms with Crippen molar-refractivity contribution in [3.05, 3.63) is 59.7 Å². The van der Waals surface area contributed by atoms with E-state index >= 15 is 0 Å². The van der Waals surface area contributed by atoms with Crippen molar-refractivity contribution in [2.75, 3.05) is 7.11 Å². The number of aliphatic hydroxyl groups excluding tert-OH is 1. The second-order valence-corrected chi connectivity index (χ2v) is 7.99. The van der Waals surface area contributed by atoms with Gasteiger partial charge in [-0.15, -0.1) is 0 Å². The van der Waals surface area contributed by atoms with Gasteiger partial charge in [0, 0.05) is 0 Å². The van der Waals surface area contributed by atoms with Crippen LogP contribution in [-0.4, -0.2) is 42.5 Å². The highest BCUT2D eigenvalue weighted by atomic mass is 16.6. The molecule has 1 N–H and O–H groups in total. The van der Waals surface area contributed by atoms with E-state index in [1.54, 1.807) is 45.9 Å². The van der Waals surface area contributed by atoms with Gasteiger partial charge in [-0.2, -0.15) is 0 Å². The summed E-state index contributed by atoms with van der Waals surface area (Å²) in [7, 11) is 1.52. The highest BCUT2D eigenvalue weighted by Gasteiger charge is 2.35. The van der Waals surface area contributed by atoms with Gasteiger partial charge in [0.2, 0.25) is 0 Å². The first-order valence-corrected chi connectivity index (χ1v) is 10.6. The number of esters is 2. The van der Waals surface area contributed by atoms with E-state index in [0.717, 1.165) is 5.56 Å². The number of hydrogen-bond donors (Lipinski definition) is 1. The lowest BCUT2D eigenvalue weighted by molar-refractivity contribution is -0.170. The van der Waals surface area contributed by atoms with Crippen LogP contribution in [0.2, 0.25) is 0 Å². The molecule has 0 aliphatic heterocycles. The largest absolute Gasteiger partial charge is 0.493 e. The van der Waals surface area contributed by atoms with E-state index in [1.165, 1.54) is 7.11 Å². The Hall–Kier alpha value is -3.06. The Morgan fingerprint density at radius 2 is 1.47 bits per heavy atom. The number of aliphatic hydroxyl groups is 1. The molecule has 2 rings (SSSR count). The Morgan fingerprint density at radius 1 is 0.844 bits per heavy atom. The first-order valence-electron chi connectivity index (χ1n) is 10.6. The molecule has 0 amide bonds. The molecule has 32 heavy (non-hydrogen) atoms. The highest BCUT2D eigenvalue weighted by molar-refractivity contribution is 5.84. The summed E-state index contributed by atoms with van der Waals surface area (Å²) in [6.07, 6.45) is -2.39. The molecule has 0 bridgehead atoms. The van der Waals surface area contributed by atoms with Gasteiger partial charge in [0.15, 0.2) is 17.6 Å². The fraction of sp³-hybridized carbons (Fsp3) is 0.440. The fourth-order valence-electron chi connectivity index (χ4n) is 3.06. The van der Waals surface area contributed by atoms with Crippen molar-refractivity contribution in [1.29, 1.82) is 0 Å². The maximum Gasteiger partial charge on any atom is 0.336 e. The summed E-state index contributed by atoms with van der Waals surface area (Å²) in [6.45, 7) is 7.13. The zero-order chi connectivity index (χ0) is 23.7. The molecule has 0 aliphatic rings. The zero-order valence-corrected chi connectivity index (χ0v) is 19.2. The van der Waals surface area contributed by atoms with Gasteiger partial charge in [-0.1, -0.05) is 36.4 Å². The minimum atomic E-state index is -1.65. The molecule has 0 spiro atoms. The molecule has 0 unspecified atom stereocenters. The van der Waals surface area contributed by atoms with Crippen molar-refractivity contribution >= 4 is 11.9 Å². The van der Waals surface area contributed by atoms with Crippen LogP contribution < -0.4 is 9.47 Å². The highest BCUT2D eigenvalue weighted by Crippen LogP contribution is 2.30. The van der Waals surface area contributed by atoms with E-state index in [9.17, 15) is 14.7 Å². The quantitative estimate of drug-likeness (QED) is 0.529. The van der Waals surface area contributed by atoms with E-state index < -0.39 is 30.1 Å². The van der Waals surface area contributed by atoms with E-state index in [-0.39, 0.29) is 12.5 Å². The van der Waals surface area contributed by atoms with Crippen molar-refractivity contribution in [3.63, 3.8) is 0 Å². The van der Waals surface area contributed by atoms with Gasteiger partial charge < -0.3 is 24.1 Å². The molecule has 0 fully saturated rings. The summed E-state index contributed by atoms with van der Waals surface area (Å²) < 4.78 is 21.7. The van der Waals surface area contributed by atoms with Crippen LogP contribution in [0.25, 0.3) is 0 Å². The van der Waals surface area contributed by atoms with Gasteiger partial charge in [0.25, 0.3) is 0 Å². The van der Waals surface area contributed by atoms with Crippen molar-refractivity contribution in [3.8, 4) is 11.5 Å². The summed E-state index contributed by atoms with van der Waals surface area (Å²) in [6, 6.07) is 14.9. The maximum atomic E-state index is 12.6. The molecule has 2 aromatic rings. The topological polar surface area (TPSA) is 91.3 Å². The Kier molecular flexibility index (Phi) is 9.53.